The van der Waals surface area contributed by atoms with Crippen molar-refractivity contribution in [1.29, 1.82) is 0 Å². The van der Waals surface area contributed by atoms with E-state index in [-0.39, 0.29) is 36.0 Å². The Morgan fingerprint density at radius 1 is 1.30 bits per heavy atom. The molecule has 0 bridgehead atoms. The molecule has 1 unspecified atom stereocenters. The zero-order valence-electron chi connectivity index (χ0n) is 13.7. The van der Waals surface area contributed by atoms with Crippen LogP contribution >= 0.6 is 12.4 Å². The van der Waals surface area contributed by atoms with E-state index in [1.165, 1.54) is 18.2 Å². The van der Waals surface area contributed by atoms with Crippen LogP contribution in [0.5, 0.6) is 11.5 Å². The highest BCUT2D eigenvalue weighted by Gasteiger charge is 2.13. The topological polar surface area (TPSA) is 108 Å². The minimum Gasteiger partial charge on any atom is -0.506 e. The number of aromatic hydroxyl groups is 1. The number of anilines is 1. The number of sulfonamides is 1. The molecule has 0 spiro atoms. The number of hydrogen-bond acceptors (Lipinski definition) is 6. The highest BCUT2D eigenvalue weighted by molar-refractivity contribution is 7.92. The molecule has 0 radical (unpaired) electrons. The number of phenolic OH excluding ortho intramolecular Hbond substituents is 1. The molecule has 23 heavy (non-hydrogen) atoms. The van der Waals surface area contributed by atoms with Crippen LogP contribution in [0.25, 0.3) is 0 Å². The summed E-state index contributed by atoms with van der Waals surface area (Å²) in [6, 6.07) is 4.18. The molecule has 9 heteroatoms. The van der Waals surface area contributed by atoms with Crippen molar-refractivity contribution in [1.82, 2.24) is 5.32 Å². The number of ether oxygens (including phenoxy) is 1. The number of β-amino-alcohol motifs (C(OH)–C–C–N with tert-alkyl or cyclic N) is 1. The minimum atomic E-state index is -3.50. The number of aliphatic hydroxyl groups is 1. The summed E-state index contributed by atoms with van der Waals surface area (Å²) in [5, 5.41) is 22.6. The fourth-order valence-electron chi connectivity index (χ4n) is 1.56. The monoisotopic (exact) mass is 368 g/mol. The molecule has 134 valence electrons. The Balaban J connectivity index is 0.00000484. The van der Waals surface area contributed by atoms with Gasteiger partial charge in [0.2, 0.25) is 10.0 Å². The van der Waals surface area contributed by atoms with Crippen LogP contribution in [-0.4, -0.2) is 49.7 Å². The zero-order chi connectivity index (χ0) is 17.0. The van der Waals surface area contributed by atoms with Crippen LogP contribution in [0.15, 0.2) is 18.2 Å². The highest BCUT2D eigenvalue weighted by atomic mass is 35.5. The van der Waals surface area contributed by atoms with Crippen LogP contribution in [0.2, 0.25) is 0 Å². The number of rotatable bonds is 7. The lowest BCUT2D eigenvalue weighted by Gasteiger charge is -2.23. The number of nitrogens with one attached hydrogen (secondary N) is 2. The predicted molar refractivity (Wildman–Crippen MR) is 93.1 cm³/mol. The third kappa shape index (κ3) is 9.50. The summed E-state index contributed by atoms with van der Waals surface area (Å²) in [4.78, 5) is 0. The molecule has 1 rings (SSSR count). The molecule has 0 aliphatic carbocycles. The van der Waals surface area contributed by atoms with E-state index in [4.69, 9.17) is 4.74 Å². The average Bonchev–Trinajstić information content (AvgIpc) is 2.35. The maximum Gasteiger partial charge on any atom is 0.229 e. The van der Waals surface area contributed by atoms with Crippen molar-refractivity contribution in [2.45, 2.75) is 32.4 Å². The van der Waals surface area contributed by atoms with E-state index in [9.17, 15) is 18.6 Å². The first-order chi connectivity index (χ1) is 9.96. The number of benzene rings is 1. The molecular formula is C14H25ClN2O5S. The Kier molecular flexibility index (Phi) is 8.13. The predicted octanol–water partition coefficient (Wildman–Crippen LogP) is 1.31. The molecular weight excluding hydrogens is 344 g/mol. The van der Waals surface area contributed by atoms with Gasteiger partial charge in [-0.3, -0.25) is 4.72 Å². The van der Waals surface area contributed by atoms with Crippen molar-refractivity contribution in [3.8, 4) is 11.5 Å². The van der Waals surface area contributed by atoms with Gasteiger partial charge < -0.3 is 20.3 Å². The lowest BCUT2D eigenvalue weighted by atomic mass is 10.1. The Morgan fingerprint density at radius 2 is 1.91 bits per heavy atom. The van der Waals surface area contributed by atoms with Crippen LogP contribution in [0.1, 0.15) is 20.8 Å². The first-order valence-electron chi connectivity index (χ1n) is 6.83. The second-order valence-corrected chi connectivity index (χ2v) is 7.90. The largest absolute Gasteiger partial charge is 0.506 e. The fourth-order valence-corrected chi connectivity index (χ4v) is 2.12. The Bertz CT molecular complexity index is 602. The van der Waals surface area contributed by atoms with Crippen LogP contribution < -0.4 is 14.8 Å². The summed E-state index contributed by atoms with van der Waals surface area (Å²) < 4.78 is 30.0. The molecule has 0 heterocycles. The van der Waals surface area contributed by atoms with Gasteiger partial charge in [-0.25, -0.2) is 8.42 Å². The first kappa shape index (κ1) is 21.8. The first-order valence-corrected chi connectivity index (χ1v) is 8.72. The number of phenols is 1. The quantitative estimate of drug-likeness (QED) is 0.540. The van der Waals surface area contributed by atoms with E-state index in [1.54, 1.807) is 0 Å². The van der Waals surface area contributed by atoms with Gasteiger partial charge in [-0.15, -0.1) is 12.4 Å². The molecule has 0 aromatic heterocycles. The van der Waals surface area contributed by atoms with Crippen LogP contribution in [-0.2, 0) is 10.0 Å². The van der Waals surface area contributed by atoms with E-state index >= 15 is 0 Å². The lowest BCUT2D eigenvalue weighted by Crippen LogP contribution is -2.42. The summed E-state index contributed by atoms with van der Waals surface area (Å²) in [5.41, 5.74) is -0.0752. The molecule has 1 aromatic carbocycles. The molecule has 1 atom stereocenters. The van der Waals surface area contributed by atoms with Crippen molar-refractivity contribution in [3.05, 3.63) is 18.2 Å². The van der Waals surface area contributed by atoms with Crippen molar-refractivity contribution in [3.63, 3.8) is 0 Å². The van der Waals surface area contributed by atoms with Crippen LogP contribution in [0, 0.1) is 0 Å². The average molecular weight is 369 g/mol. The van der Waals surface area contributed by atoms with Gasteiger partial charge in [0, 0.05) is 18.2 Å². The molecule has 0 aliphatic heterocycles. The van der Waals surface area contributed by atoms with E-state index < -0.39 is 16.1 Å². The van der Waals surface area contributed by atoms with Gasteiger partial charge in [-0.05, 0) is 32.9 Å². The maximum atomic E-state index is 11.2. The van der Waals surface area contributed by atoms with Gasteiger partial charge in [0.15, 0.2) is 0 Å². The molecule has 0 amide bonds. The summed E-state index contributed by atoms with van der Waals surface area (Å²) in [6.07, 6.45) is 0.279. The second kappa shape index (κ2) is 8.58. The number of hydrogen-bond donors (Lipinski definition) is 4. The van der Waals surface area contributed by atoms with E-state index in [2.05, 4.69) is 10.0 Å². The van der Waals surface area contributed by atoms with E-state index in [1.807, 2.05) is 20.8 Å². The SMILES string of the molecule is CC(C)(C)NCC(O)COc1ccc(O)c(NS(C)(=O)=O)c1.Cl. The highest BCUT2D eigenvalue weighted by Crippen LogP contribution is 2.28. The van der Waals surface area contributed by atoms with Crippen LogP contribution in [0.4, 0.5) is 5.69 Å². The molecule has 1 aromatic rings. The smallest absolute Gasteiger partial charge is 0.229 e. The minimum absolute atomic E-state index is 0. The second-order valence-electron chi connectivity index (χ2n) is 6.15. The molecule has 7 nitrogen and oxygen atoms in total. The fraction of sp³-hybridized carbons (Fsp3) is 0.571. The van der Waals surface area contributed by atoms with E-state index in [0.29, 0.717) is 12.3 Å². The summed E-state index contributed by atoms with van der Waals surface area (Å²) in [7, 11) is -3.50. The number of halogens is 1. The van der Waals surface area contributed by atoms with Gasteiger partial charge in [0.1, 0.15) is 24.2 Å². The van der Waals surface area contributed by atoms with Gasteiger partial charge in [-0.1, -0.05) is 0 Å². The van der Waals surface area contributed by atoms with Crippen LogP contribution in [0.3, 0.4) is 0 Å². The Morgan fingerprint density at radius 3 is 2.43 bits per heavy atom. The molecule has 0 aliphatic rings. The Hall–Kier alpha value is -1.22. The van der Waals surface area contributed by atoms with Gasteiger partial charge in [-0.2, -0.15) is 0 Å². The van der Waals surface area contributed by atoms with E-state index in [0.717, 1.165) is 6.26 Å². The van der Waals surface area contributed by atoms with Gasteiger partial charge in [0.05, 0.1) is 11.9 Å². The third-order valence-corrected chi connectivity index (χ3v) is 3.16. The summed E-state index contributed by atoms with van der Waals surface area (Å²) in [6.45, 7) is 6.39. The number of aliphatic hydroxyl groups excluding tert-OH is 1. The molecule has 0 saturated heterocycles. The summed E-state index contributed by atoms with van der Waals surface area (Å²) >= 11 is 0. The van der Waals surface area contributed by atoms with Gasteiger partial charge >= 0.3 is 0 Å². The van der Waals surface area contributed by atoms with Crippen molar-refractivity contribution >= 4 is 28.1 Å². The summed E-state index contributed by atoms with van der Waals surface area (Å²) in [5.74, 6) is 0.145. The zero-order valence-corrected chi connectivity index (χ0v) is 15.3. The molecule has 0 fully saturated rings. The molecule has 4 N–H and O–H groups in total. The molecule has 0 saturated carbocycles. The third-order valence-electron chi connectivity index (χ3n) is 2.57. The normalized spacial score (nSPS) is 13.1. The maximum absolute atomic E-state index is 11.2. The van der Waals surface area contributed by atoms with Crippen molar-refractivity contribution in [2.75, 3.05) is 24.1 Å². The van der Waals surface area contributed by atoms with Gasteiger partial charge in [0.25, 0.3) is 0 Å². The standard InChI is InChI=1S/C14H24N2O5S.ClH/c1-14(2,3)15-8-10(17)9-21-11-5-6-13(18)12(7-11)16-22(4,19)20;/h5-7,10,15-18H,8-9H2,1-4H3;1H. The van der Waals surface area contributed by atoms with Crippen molar-refractivity contribution in [2.24, 2.45) is 0 Å². The van der Waals surface area contributed by atoms with Crippen molar-refractivity contribution < 1.29 is 23.4 Å². The Labute approximate surface area is 143 Å². The lowest BCUT2D eigenvalue weighted by molar-refractivity contribution is 0.100.